The number of hydrogen-bond donors (Lipinski definition) is 0. The minimum atomic E-state index is -3.80. The molecule has 0 amide bonds. The van der Waals surface area contributed by atoms with E-state index in [1.54, 1.807) is 6.92 Å². The fraction of sp³-hybridized carbons (Fsp3) is 0.333. The molecule has 16 heavy (non-hydrogen) atoms. The summed E-state index contributed by atoms with van der Waals surface area (Å²) >= 11 is 5.74. The molecule has 0 radical (unpaired) electrons. The van der Waals surface area contributed by atoms with Gasteiger partial charge in [-0.05, 0) is 18.6 Å². The van der Waals surface area contributed by atoms with E-state index in [1.807, 2.05) is 0 Å². The van der Waals surface area contributed by atoms with Gasteiger partial charge in [-0.1, -0.05) is 11.6 Å². The van der Waals surface area contributed by atoms with Gasteiger partial charge >= 0.3 is 0 Å². The lowest BCUT2D eigenvalue weighted by molar-refractivity contribution is 0.382. The van der Waals surface area contributed by atoms with Crippen LogP contribution < -0.4 is 4.74 Å². The molecule has 0 N–H and O–H groups in total. The molecule has 0 atom stereocenters. The molecule has 0 fully saturated rings. The van der Waals surface area contributed by atoms with Crippen LogP contribution in [0.1, 0.15) is 11.1 Å². The first-order valence-corrected chi connectivity index (χ1v) is 7.05. The number of ether oxygens (including phenoxy) is 1. The highest BCUT2D eigenvalue weighted by Gasteiger charge is 2.20. The minimum absolute atomic E-state index is 0.133. The van der Waals surface area contributed by atoms with Gasteiger partial charge in [-0.15, -0.1) is 0 Å². The quantitative estimate of drug-likeness (QED) is 0.803. The Labute approximate surface area is 103 Å². The molecule has 0 aliphatic heterocycles. The van der Waals surface area contributed by atoms with Gasteiger partial charge < -0.3 is 4.74 Å². The highest BCUT2D eigenvalue weighted by atomic mass is 35.7. The molecule has 1 aromatic carbocycles. The summed E-state index contributed by atoms with van der Waals surface area (Å²) in [6.07, 6.45) is 0. The predicted molar refractivity (Wildman–Crippen MR) is 61.2 cm³/mol. The number of rotatable bonds is 3. The summed E-state index contributed by atoms with van der Waals surface area (Å²) in [5, 5.41) is 0.133. The molecule has 0 saturated heterocycles. The van der Waals surface area contributed by atoms with E-state index in [2.05, 4.69) is 0 Å². The molecule has 1 rings (SSSR count). The second-order valence-electron chi connectivity index (χ2n) is 3.16. The van der Waals surface area contributed by atoms with Crippen LogP contribution >= 0.6 is 22.3 Å². The van der Waals surface area contributed by atoms with Crippen LogP contribution in [0.2, 0.25) is 5.02 Å². The first-order chi connectivity index (χ1) is 7.26. The van der Waals surface area contributed by atoms with Crippen LogP contribution in [0.5, 0.6) is 5.75 Å². The van der Waals surface area contributed by atoms with Crippen molar-refractivity contribution < 1.29 is 17.5 Å². The molecule has 0 heterocycles. The molecular formula is C9H9Cl2FO3S. The highest BCUT2D eigenvalue weighted by Crippen LogP contribution is 2.33. The maximum absolute atomic E-state index is 13.4. The van der Waals surface area contributed by atoms with Gasteiger partial charge in [0, 0.05) is 21.3 Å². The summed E-state index contributed by atoms with van der Waals surface area (Å²) < 4.78 is 40.2. The third-order valence-corrected chi connectivity index (χ3v) is 3.43. The Morgan fingerprint density at radius 3 is 2.50 bits per heavy atom. The Kier molecular flexibility index (Phi) is 4.04. The molecule has 0 unspecified atom stereocenters. The van der Waals surface area contributed by atoms with Crippen LogP contribution in [0, 0.1) is 12.7 Å². The fourth-order valence-electron chi connectivity index (χ4n) is 1.31. The third kappa shape index (κ3) is 2.99. The number of benzene rings is 1. The van der Waals surface area contributed by atoms with Crippen molar-refractivity contribution >= 4 is 31.3 Å². The van der Waals surface area contributed by atoms with Gasteiger partial charge in [0.05, 0.1) is 12.9 Å². The van der Waals surface area contributed by atoms with Gasteiger partial charge in [0.25, 0.3) is 0 Å². The lowest BCUT2D eigenvalue weighted by atomic mass is 10.1. The van der Waals surface area contributed by atoms with E-state index in [4.69, 9.17) is 27.0 Å². The Bertz CT molecular complexity index is 514. The Hall–Kier alpha value is -0.520. The van der Waals surface area contributed by atoms with E-state index in [1.165, 1.54) is 7.11 Å². The zero-order valence-electron chi connectivity index (χ0n) is 8.55. The van der Waals surface area contributed by atoms with Crippen molar-refractivity contribution in [3.8, 4) is 5.75 Å². The maximum Gasteiger partial charge on any atom is 0.236 e. The van der Waals surface area contributed by atoms with Crippen molar-refractivity contribution in [1.29, 1.82) is 0 Å². The number of hydrogen-bond acceptors (Lipinski definition) is 3. The van der Waals surface area contributed by atoms with Crippen molar-refractivity contribution in [3.63, 3.8) is 0 Å². The van der Waals surface area contributed by atoms with Crippen molar-refractivity contribution in [3.05, 3.63) is 28.0 Å². The van der Waals surface area contributed by atoms with Crippen LogP contribution in [-0.4, -0.2) is 15.5 Å². The summed E-state index contributed by atoms with van der Waals surface area (Å²) in [6.45, 7) is 1.57. The average molecular weight is 287 g/mol. The molecular weight excluding hydrogens is 278 g/mol. The largest absolute Gasteiger partial charge is 0.493 e. The molecule has 90 valence electrons. The lowest BCUT2D eigenvalue weighted by Gasteiger charge is -2.12. The number of methoxy groups -OCH3 is 1. The zero-order chi connectivity index (χ0) is 12.5. The molecule has 0 aliphatic rings. The minimum Gasteiger partial charge on any atom is -0.493 e. The van der Waals surface area contributed by atoms with E-state index in [0.29, 0.717) is 5.56 Å². The standard InChI is InChI=1S/C9H9Cl2FO3S/c1-5-6(4-16(11,13)14)9(15-2)8(12)3-7(5)10/h3H,4H2,1-2H3. The van der Waals surface area contributed by atoms with Gasteiger partial charge in [-0.3, -0.25) is 0 Å². The van der Waals surface area contributed by atoms with Crippen LogP contribution in [0.4, 0.5) is 4.39 Å². The zero-order valence-corrected chi connectivity index (χ0v) is 10.9. The molecule has 7 heteroatoms. The Morgan fingerprint density at radius 1 is 1.50 bits per heavy atom. The monoisotopic (exact) mass is 286 g/mol. The summed E-state index contributed by atoms with van der Waals surface area (Å²) in [5.74, 6) is -1.39. The third-order valence-electron chi connectivity index (χ3n) is 2.08. The van der Waals surface area contributed by atoms with Crippen molar-refractivity contribution in [2.24, 2.45) is 0 Å². The first-order valence-electron chi connectivity index (χ1n) is 4.20. The smallest absolute Gasteiger partial charge is 0.236 e. The van der Waals surface area contributed by atoms with Crippen LogP contribution in [0.15, 0.2) is 6.07 Å². The predicted octanol–water partition coefficient (Wildman–Crippen LogP) is 2.86. The molecule has 0 saturated carbocycles. The van der Waals surface area contributed by atoms with E-state index in [9.17, 15) is 12.8 Å². The van der Waals surface area contributed by atoms with Gasteiger partial charge in [0.15, 0.2) is 11.6 Å². The Morgan fingerprint density at radius 2 is 2.06 bits per heavy atom. The van der Waals surface area contributed by atoms with Gasteiger partial charge in [0.2, 0.25) is 9.05 Å². The van der Waals surface area contributed by atoms with E-state index in [0.717, 1.165) is 6.07 Å². The van der Waals surface area contributed by atoms with E-state index in [-0.39, 0.29) is 16.3 Å². The van der Waals surface area contributed by atoms with Gasteiger partial charge in [0.1, 0.15) is 0 Å². The van der Waals surface area contributed by atoms with Crippen molar-refractivity contribution in [2.45, 2.75) is 12.7 Å². The SMILES string of the molecule is COc1c(F)cc(Cl)c(C)c1CS(=O)(=O)Cl. The average Bonchev–Trinajstić information content (AvgIpc) is 2.12. The molecule has 3 nitrogen and oxygen atoms in total. The maximum atomic E-state index is 13.4. The fourth-order valence-corrected chi connectivity index (χ4v) is 2.54. The second kappa shape index (κ2) is 4.77. The summed E-state index contributed by atoms with van der Waals surface area (Å²) in [7, 11) is 2.57. The van der Waals surface area contributed by atoms with Crippen molar-refractivity contribution in [1.82, 2.24) is 0 Å². The summed E-state index contributed by atoms with van der Waals surface area (Å²) in [4.78, 5) is 0. The van der Waals surface area contributed by atoms with E-state index < -0.39 is 20.6 Å². The topological polar surface area (TPSA) is 43.4 Å². The summed E-state index contributed by atoms with van der Waals surface area (Å²) in [5.41, 5.74) is 0.576. The highest BCUT2D eigenvalue weighted by molar-refractivity contribution is 8.13. The summed E-state index contributed by atoms with van der Waals surface area (Å²) in [6, 6.07) is 1.07. The van der Waals surface area contributed by atoms with Crippen LogP contribution in [-0.2, 0) is 14.8 Å². The van der Waals surface area contributed by atoms with E-state index >= 15 is 0 Å². The van der Waals surface area contributed by atoms with Gasteiger partial charge in [-0.2, -0.15) is 0 Å². The normalized spacial score (nSPS) is 11.6. The van der Waals surface area contributed by atoms with Crippen molar-refractivity contribution in [2.75, 3.05) is 7.11 Å². The molecule has 0 aromatic heterocycles. The van der Waals surface area contributed by atoms with Gasteiger partial charge in [-0.25, -0.2) is 12.8 Å². The molecule has 1 aromatic rings. The first kappa shape index (κ1) is 13.5. The molecule has 0 spiro atoms. The number of halogens is 3. The van der Waals surface area contributed by atoms with Crippen LogP contribution in [0.25, 0.3) is 0 Å². The molecule has 0 aliphatic carbocycles. The lowest BCUT2D eigenvalue weighted by Crippen LogP contribution is -2.03. The second-order valence-corrected chi connectivity index (χ2v) is 6.34. The van der Waals surface area contributed by atoms with Crippen LogP contribution in [0.3, 0.4) is 0 Å². The molecule has 0 bridgehead atoms. The Balaban J connectivity index is 3.45.